The van der Waals surface area contributed by atoms with E-state index in [0.29, 0.717) is 29.9 Å². The third-order valence-electron chi connectivity index (χ3n) is 5.38. The van der Waals surface area contributed by atoms with E-state index in [0.717, 1.165) is 16.7 Å². The van der Waals surface area contributed by atoms with Crippen molar-refractivity contribution in [3.05, 3.63) is 83.2 Å². The van der Waals surface area contributed by atoms with Crippen molar-refractivity contribution in [1.29, 1.82) is 0 Å². The van der Waals surface area contributed by atoms with Crippen LogP contribution in [-0.2, 0) is 16.0 Å². The topological polar surface area (TPSA) is 77.8 Å². The summed E-state index contributed by atoms with van der Waals surface area (Å²) >= 11 is 0. The summed E-state index contributed by atoms with van der Waals surface area (Å²) in [6, 6.07) is 18.6. The predicted octanol–water partition coefficient (Wildman–Crippen LogP) is 5.78. The van der Waals surface area contributed by atoms with Crippen molar-refractivity contribution < 1.29 is 24.2 Å². The van der Waals surface area contributed by atoms with Gasteiger partial charge in [-0.25, -0.2) is 9.59 Å². The largest absolute Gasteiger partial charge is 0.461 e. The van der Waals surface area contributed by atoms with Crippen molar-refractivity contribution in [2.45, 2.75) is 59.3 Å². The van der Waals surface area contributed by atoms with Gasteiger partial charge >= 0.3 is 11.9 Å². The first-order valence-corrected chi connectivity index (χ1v) is 11.6. The van der Waals surface area contributed by atoms with Gasteiger partial charge in [0.1, 0.15) is 11.3 Å². The number of rotatable bonds is 8. The first-order valence-electron chi connectivity index (χ1n) is 11.6. The molecule has 3 rings (SSSR count). The number of hydrogen-bond acceptors (Lipinski definition) is 5. The molecule has 3 aromatic rings. The number of hydrogen-bond donors (Lipinski definition) is 1. The van der Waals surface area contributed by atoms with E-state index in [2.05, 4.69) is 0 Å². The molecule has 1 N–H and O–H groups in total. The van der Waals surface area contributed by atoms with Crippen LogP contribution in [0.4, 0.5) is 0 Å². The third-order valence-corrected chi connectivity index (χ3v) is 5.38. The molecule has 2 aromatic carbocycles. The van der Waals surface area contributed by atoms with Gasteiger partial charge < -0.3 is 19.1 Å². The van der Waals surface area contributed by atoms with E-state index in [-0.39, 0.29) is 12.6 Å². The fraction of sp³-hybridized carbons (Fsp3) is 0.357. The molecule has 0 radical (unpaired) electrons. The monoisotopic (exact) mass is 463 g/mol. The molecule has 0 bridgehead atoms. The lowest BCUT2D eigenvalue weighted by Gasteiger charge is -2.20. The zero-order chi connectivity index (χ0) is 24.9. The SMILES string of the molecule is CCOC(=O)c1ccc(C(O)CC)n1Cc1ccc(-c2ccccc2C(=O)OC(C)(C)C)cc1. The van der Waals surface area contributed by atoms with Gasteiger partial charge in [-0.05, 0) is 69.0 Å². The fourth-order valence-electron chi connectivity index (χ4n) is 3.76. The third kappa shape index (κ3) is 5.94. The number of esters is 2. The van der Waals surface area contributed by atoms with Gasteiger partial charge in [0, 0.05) is 12.2 Å². The summed E-state index contributed by atoms with van der Waals surface area (Å²) in [4.78, 5) is 25.2. The Hall–Kier alpha value is -3.38. The molecule has 0 saturated carbocycles. The number of aliphatic hydroxyl groups excluding tert-OH is 1. The molecule has 34 heavy (non-hydrogen) atoms. The van der Waals surface area contributed by atoms with Crippen LogP contribution in [0.25, 0.3) is 11.1 Å². The molecule has 180 valence electrons. The molecule has 0 aliphatic heterocycles. The second-order valence-electron chi connectivity index (χ2n) is 9.12. The van der Waals surface area contributed by atoms with E-state index in [9.17, 15) is 14.7 Å². The van der Waals surface area contributed by atoms with Crippen LogP contribution in [0.5, 0.6) is 0 Å². The summed E-state index contributed by atoms with van der Waals surface area (Å²) in [5, 5.41) is 10.5. The van der Waals surface area contributed by atoms with Crippen molar-refractivity contribution in [2.24, 2.45) is 0 Å². The Morgan fingerprint density at radius 3 is 2.24 bits per heavy atom. The molecule has 0 saturated heterocycles. The van der Waals surface area contributed by atoms with Crippen molar-refractivity contribution in [3.63, 3.8) is 0 Å². The minimum absolute atomic E-state index is 0.279. The quantitative estimate of drug-likeness (QED) is 0.429. The second kappa shape index (κ2) is 10.7. The van der Waals surface area contributed by atoms with Crippen molar-refractivity contribution in [3.8, 4) is 11.1 Å². The van der Waals surface area contributed by atoms with Gasteiger partial charge in [0.2, 0.25) is 0 Å². The normalized spacial score (nSPS) is 12.3. The summed E-state index contributed by atoms with van der Waals surface area (Å²) in [5.74, 6) is -0.781. The second-order valence-corrected chi connectivity index (χ2v) is 9.12. The van der Waals surface area contributed by atoms with Gasteiger partial charge in [-0.2, -0.15) is 0 Å². The molecular formula is C28H33NO5. The van der Waals surface area contributed by atoms with E-state index >= 15 is 0 Å². The van der Waals surface area contributed by atoms with Crippen LogP contribution in [0, 0.1) is 0 Å². The van der Waals surface area contributed by atoms with Gasteiger partial charge in [0.15, 0.2) is 0 Å². The lowest BCUT2D eigenvalue weighted by molar-refractivity contribution is 0.00701. The summed E-state index contributed by atoms with van der Waals surface area (Å²) in [5.41, 5.74) is 3.63. The Kier molecular flexibility index (Phi) is 7.94. The Bertz CT molecular complexity index is 1140. The lowest BCUT2D eigenvalue weighted by atomic mass is 9.98. The maximum atomic E-state index is 12.7. The highest BCUT2D eigenvalue weighted by atomic mass is 16.6. The number of ether oxygens (including phenoxy) is 2. The molecule has 6 heteroatoms. The molecule has 6 nitrogen and oxygen atoms in total. The molecule has 1 unspecified atom stereocenters. The molecule has 0 spiro atoms. The smallest absolute Gasteiger partial charge is 0.354 e. The molecule has 0 fully saturated rings. The van der Waals surface area contributed by atoms with Crippen molar-refractivity contribution >= 4 is 11.9 Å². The van der Waals surface area contributed by atoms with Gasteiger partial charge in [0.25, 0.3) is 0 Å². The number of aromatic nitrogens is 1. The zero-order valence-corrected chi connectivity index (χ0v) is 20.5. The van der Waals surface area contributed by atoms with Crippen LogP contribution < -0.4 is 0 Å². The molecule has 0 aliphatic rings. The predicted molar refractivity (Wildman–Crippen MR) is 132 cm³/mol. The maximum absolute atomic E-state index is 12.7. The first-order chi connectivity index (χ1) is 16.1. The van der Waals surface area contributed by atoms with E-state index in [1.165, 1.54) is 0 Å². The van der Waals surface area contributed by atoms with E-state index in [4.69, 9.17) is 9.47 Å². The zero-order valence-electron chi connectivity index (χ0n) is 20.5. The van der Waals surface area contributed by atoms with Crippen LogP contribution in [0.15, 0.2) is 60.7 Å². The van der Waals surface area contributed by atoms with Crippen molar-refractivity contribution in [1.82, 2.24) is 4.57 Å². The number of carbonyl (C=O) groups is 2. The van der Waals surface area contributed by atoms with E-state index in [1.54, 1.807) is 29.7 Å². The number of aliphatic hydroxyl groups is 1. The minimum Gasteiger partial charge on any atom is -0.461 e. The number of benzene rings is 2. The fourth-order valence-corrected chi connectivity index (χ4v) is 3.76. The van der Waals surface area contributed by atoms with Crippen LogP contribution >= 0.6 is 0 Å². The van der Waals surface area contributed by atoms with Gasteiger partial charge in [-0.3, -0.25) is 0 Å². The summed E-state index contributed by atoms with van der Waals surface area (Å²) in [6.45, 7) is 9.88. The van der Waals surface area contributed by atoms with Crippen LogP contribution in [0.1, 0.15) is 79.2 Å². The molecule has 1 heterocycles. The standard InChI is InChI=1S/C28H33NO5/c1-6-25(30)23-16-17-24(27(32)33-7-2)29(23)18-19-12-14-20(15-13-19)21-10-8-9-11-22(21)26(31)34-28(3,4)5/h8-17,25,30H,6-7,18H2,1-5H3. The van der Waals surface area contributed by atoms with Crippen molar-refractivity contribution in [2.75, 3.05) is 6.61 Å². The average Bonchev–Trinajstić information content (AvgIpc) is 3.21. The Morgan fingerprint density at radius 2 is 1.62 bits per heavy atom. The lowest BCUT2D eigenvalue weighted by Crippen LogP contribution is -2.24. The Balaban J connectivity index is 1.91. The number of carbonyl (C=O) groups excluding carboxylic acids is 2. The average molecular weight is 464 g/mol. The molecule has 0 aliphatic carbocycles. The van der Waals surface area contributed by atoms with Gasteiger partial charge in [-0.15, -0.1) is 0 Å². The van der Waals surface area contributed by atoms with E-state index in [1.807, 2.05) is 70.2 Å². The number of nitrogens with zero attached hydrogens (tertiary/aromatic N) is 1. The van der Waals surface area contributed by atoms with Gasteiger partial charge in [0.05, 0.1) is 18.3 Å². The summed E-state index contributed by atoms with van der Waals surface area (Å²) < 4.78 is 12.6. The Labute approximate surface area is 201 Å². The van der Waals surface area contributed by atoms with Crippen LogP contribution in [0.3, 0.4) is 0 Å². The van der Waals surface area contributed by atoms with Crippen LogP contribution in [0.2, 0.25) is 0 Å². The maximum Gasteiger partial charge on any atom is 0.354 e. The van der Waals surface area contributed by atoms with Crippen LogP contribution in [-0.4, -0.2) is 33.8 Å². The highest BCUT2D eigenvalue weighted by Gasteiger charge is 2.22. The first kappa shape index (κ1) is 25.2. The minimum atomic E-state index is -0.678. The van der Waals surface area contributed by atoms with Gasteiger partial charge in [-0.1, -0.05) is 49.4 Å². The molecule has 1 aromatic heterocycles. The molecular weight excluding hydrogens is 430 g/mol. The van der Waals surface area contributed by atoms with E-state index < -0.39 is 17.7 Å². The summed E-state index contributed by atoms with van der Waals surface area (Å²) in [6.07, 6.45) is -0.143. The highest BCUT2D eigenvalue weighted by Crippen LogP contribution is 2.27. The molecule has 0 amide bonds. The molecule has 1 atom stereocenters. The Morgan fingerprint density at radius 1 is 0.941 bits per heavy atom. The summed E-state index contributed by atoms with van der Waals surface area (Å²) in [7, 11) is 0. The highest BCUT2D eigenvalue weighted by molar-refractivity contribution is 5.97.